The Kier molecular flexibility index (Phi) is 11.3. The quantitative estimate of drug-likeness (QED) is 0.0820. The van der Waals surface area contributed by atoms with E-state index in [1.807, 2.05) is 39.0 Å². The van der Waals surface area contributed by atoms with Crippen molar-refractivity contribution in [3.8, 4) is 17.0 Å². The van der Waals surface area contributed by atoms with Gasteiger partial charge in [0.05, 0.1) is 23.2 Å². The van der Waals surface area contributed by atoms with Gasteiger partial charge in [-0.05, 0) is 75.8 Å². The summed E-state index contributed by atoms with van der Waals surface area (Å²) in [6.45, 7) is 7.88. The topological polar surface area (TPSA) is 87.6 Å². The molecule has 0 unspecified atom stereocenters. The molecule has 0 N–H and O–H groups in total. The number of unbranched alkanes of at least 4 members (excludes halogenated alkanes) is 7. The van der Waals surface area contributed by atoms with Crippen molar-refractivity contribution in [2.75, 3.05) is 0 Å². The van der Waals surface area contributed by atoms with E-state index in [1.165, 1.54) is 38.4 Å². The molecule has 2 aromatic carbocycles. The van der Waals surface area contributed by atoms with Gasteiger partial charge in [0.15, 0.2) is 5.75 Å². The average Bonchev–Trinajstić information content (AvgIpc) is 3.51. The van der Waals surface area contributed by atoms with Crippen LogP contribution in [0.25, 0.3) is 22.2 Å². The largest absolute Gasteiger partial charge is 0.456 e. The zero-order chi connectivity index (χ0) is 30.0. The Morgan fingerprint density at radius 2 is 1.60 bits per heavy atom. The minimum atomic E-state index is -0.562. The number of esters is 1. The number of carbonyl (C=O) groups excluding carboxylic acids is 2. The molecule has 7 heteroatoms. The third kappa shape index (κ3) is 9.01. The first kappa shape index (κ1) is 31.5. The van der Waals surface area contributed by atoms with Crippen LogP contribution in [0.5, 0.6) is 5.75 Å². The van der Waals surface area contributed by atoms with E-state index in [4.69, 9.17) is 14.5 Å². The zero-order valence-corrected chi connectivity index (χ0v) is 25.7. The highest BCUT2D eigenvalue weighted by molar-refractivity contribution is 5.95. The van der Waals surface area contributed by atoms with E-state index in [1.54, 1.807) is 12.1 Å². The molecule has 0 bridgehead atoms. The van der Waals surface area contributed by atoms with Gasteiger partial charge in [-0.2, -0.15) is 0 Å². The molecular weight excluding hydrogens is 528 g/mol. The first-order valence-corrected chi connectivity index (χ1v) is 15.7. The van der Waals surface area contributed by atoms with Gasteiger partial charge in [0.25, 0.3) is 0 Å². The maximum absolute atomic E-state index is 13.1. The Morgan fingerprint density at radius 1 is 0.881 bits per heavy atom. The molecule has 0 radical (unpaired) electrons. The summed E-state index contributed by atoms with van der Waals surface area (Å²) >= 11 is 0. The van der Waals surface area contributed by atoms with Crippen molar-refractivity contribution >= 4 is 22.8 Å². The number of hydrogen-bond donors (Lipinski definition) is 0. The maximum atomic E-state index is 13.1. The lowest BCUT2D eigenvalue weighted by atomic mass is 9.90. The first-order valence-electron chi connectivity index (χ1n) is 15.7. The molecule has 1 aromatic heterocycles. The van der Waals surface area contributed by atoms with E-state index < -0.39 is 5.60 Å². The minimum absolute atomic E-state index is 0.290. The lowest BCUT2D eigenvalue weighted by Crippen LogP contribution is -2.24. The molecule has 0 amide bonds. The van der Waals surface area contributed by atoms with Gasteiger partial charge in [-0.1, -0.05) is 70.8 Å². The molecule has 0 spiro atoms. The highest BCUT2D eigenvalue weighted by Crippen LogP contribution is 2.39. The van der Waals surface area contributed by atoms with Crippen molar-refractivity contribution < 1.29 is 24.1 Å². The van der Waals surface area contributed by atoms with Crippen LogP contribution < -0.4 is 4.89 Å². The lowest BCUT2D eigenvalue weighted by molar-refractivity contribution is -0.213. The molecule has 1 fully saturated rings. The van der Waals surface area contributed by atoms with Crippen LogP contribution in [0.1, 0.15) is 133 Å². The summed E-state index contributed by atoms with van der Waals surface area (Å²) in [4.78, 5) is 44.7. The predicted octanol–water partition coefficient (Wildman–Crippen LogP) is 9.28. The Labute approximate surface area is 250 Å². The van der Waals surface area contributed by atoms with Crippen LogP contribution in [0.15, 0.2) is 42.7 Å². The number of ether oxygens (including phenoxy) is 1. The Bertz CT molecular complexity index is 1340. The van der Waals surface area contributed by atoms with Gasteiger partial charge < -0.3 is 4.74 Å². The monoisotopic (exact) mass is 574 g/mol. The summed E-state index contributed by atoms with van der Waals surface area (Å²) in [5, 5.41) is 0.845. The van der Waals surface area contributed by atoms with Gasteiger partial charge >= 0.3 is 11.9 Å². The predicted molar refractivity (Wildman–Crippen MR) is 165 cm³/mol. The van der Waals surface area contributed by atoms with E-state index in [9.17, 15) is 9.59 Å². The molecule has 1 aliphatic rings. The van der Waals surface area contributed by atoms with E-state index >= 15 is 0 Å². The zero-order valence-electron chi connectivity index (χ0n) is 25.7. The number of carbonyl (C=O) groups is 2. The molecule has 226 valence electrons. The number of aromatic nitrogens is 2. The van der Waals surface area contributed by atoms with E-state index in [0.717, 1.165) is 67.2 Å². The van der Waals surface area contributed by atoms with Crippen molar-refractivity contribution in [1.82, 2.24) is 9.97 Å². The summed E-state index contributed by atoms with van der Waals surface area (Å²) < 4.78 is 5.73. The Morgan fingerprint density at radius 3 is 2.31 bits per heavy atom. The maximum Gasteiger partial charge on any atom is 0.355 e. The minimum Gasteiger partial charge on any atom is -0.456 e. The molecule has 0 saturated heterocycles. The van der Waals surface area contributed by atoms with E-state index in [2.05, 4.69) is 23.0 Å². The van der Waals surface area contributed by atoms with Gasteiger partial charge in [0.1, 0.15) is 11.9 Å². The molecular formula is C35H46N2O5. The third-order valence-electron chi connectivity index (χ3n) is 7.81. The normalized spacial score (nSPS) is 13.8. The summed E-state index contributed by atoms with van der Waals surface area (Å²) in [5.74, 6) is 0.0700. The highest BCUT2D eigenvalue weighted by Gasteiger charge is 2.27. The second-order valence-electron chi connectivity index (χ2n) is 12.5. The standard InChI is InChI=1S/C35H46N2O5/c1-5-6-7-8-9-10-11-12-17-32(38)42-41-27-19-21-29-31(23-27)36-24-37-33(29)26-18-20-28(34(39)40-35(2,3)4)30(22-26)25-15-13-14-16-25/h18-25H,5-17H2,1-4H3. The van der Waals surface area contributed by atoms with Gasteiger partial charge in [-0.15, -0.1) is 0 Å². The van der Waals surface area contributed by atoms with Crippen LogP contribution in [0.4, 0.5) is 0 Å². The molecule has 0 aliphatic heterocycles. The molecule has 1 heterocycles. The number of hydrogen-bond acceptors (Lipinski definition) is 7. The van der Waals surface area contributed by atoms with Gasteiger partial charge in [0, 0.05) is 17.0 Å². The second-order valence-corrected chi connectivity index (χ2v) is 12.5. The number of rotatable bonds is 14. The van der Waals surface area contributed by atoms with Crippen LogP contribution in [-0.2, 0) is 14.4 Å². The summed E-state index contributed by atoms with van der Waals surface area (Å²) in [6, 6.07) is 11.3. The van der Waals surface area contributed by atoms with Crippen molar-refractivity contribution in [3.05, 3.63) is 53.9 Å². The Balaban J connectivity index is 1.42. The number of benzene rings is 2. The van der Waals surface area contributed by atoms with Crippen molar-refractivity contribution in [3.63, 3.8) is 0 Å². The average molecular weight is 575 g/mol. The fourth-order valence-electron chi connectivity index (χ4n) is 5.66. The van der Waals surface area contributed by atoms with Crippen molar-refractivity contribution in [1.29, 1.82) is 0 Å². The fraction of sp³-hybridized carbons (Fsp3) is 0.543. The molecule has 7 nitrogen and oxygen atoms in total. The molecule has 3 aromatic rings. The first-order chi connectivity index (χ1) is 20.2. The second kappa shape index (κ2) is 15.1. The molecule has 1 saturated carbocycles. The Hall–Kier alpha value is -3.48. The van der Waals surface area contributed by atoms with E-state index in [-0.39, 0.29) is 11.9 Å². The molecule has 4 rings (SSSR count). The highest BCUT2D eigenvalue weighted by atomic mass is 17.2. The van der Waals surface area contributed by atoms with Crippen molar-refractivity contribution in [2.24, 2.45) is 0 Å². The summed E-state index contributed by atoms with van der Waals surface area (Å²) in [6.07, 6.45) is 15.6. The summed E-state index contributed by atoms with van der Waals surface area (Å²) in [5.41, 5.74) is 3.45. The third-order valence-corrected chi connectivity index (χ3v) is 7.81. The fourth-order valence-corrected chi connectivity index (χ4v) is 5.66. The van der Waals surface area contributed by atoms with Crippen LogP contribution in [0, 0.1) is 0 Å². The summed E-state index contributed by atoms with van der Waals surface area (Å²) in [7, 11) is 0. The van der Waals surface area contributed by atoms with Crippen LogP contribution >= 0.6 is 0 Å². The van der Waals surface area contributed by atoms with Gasteiger partial charge in [0.2, 0.25) is 0 Å². The van der Waals surface area contributed by atoms with Crippen LogP contribution in [0.3, 0.4) is 0 Å². The van der Waals surface area contributed by atoms with Gasteiger partial charge in [-0.25, -0.2) is 19.6 Å². The number of fused-ring (bicyclic) bond motifs is 1. The number of nitrogens with zero attached hydrogens (tertiary/aromatic N) is 2. The lowest BCUT2D eigenvalue weighted by Gasteiger charge is -2.22. The molecule has 0 atom stereocenters. The van der Waals surface area contributed by atoms with Gasteiger partial charge in [-0.3, -0.25) is 9.78 Å². The SMILES string of the molecule is CCCCCCCCCCC(=O)OOc1ccc2c(-c3ccc(C(=O)OC(C)(C)C)c(C4CCCC4)c3)ncnc2c1. The van der Waals surface area contributed by atoms with E-state index in [0.29, 0.717) is 29.2 Å². The van der Waals surface area contributed by atoms with Crippen LogP contribution in [0.2, 0.25) is 0 Å². The molecule has 42 heavy (non-hydrogen) atoms. The smallest absolute Gasteiger partial charge is 0.355 e. The van der Waals surface area contributed by atoms with Crippen molar-refractivity contribution in [2.45, 2.75) is 123 Å². The molecule has 1 aliphatic carbocycles. The van der Waals surface area contributed by atoms with Crippen LogP contribution in [-0.4, -0.2) is 27.5 Å².